The summed E-state index contributed by atoms with van der Waals surface area (Å²) in [5, 5.41) is 9.08. The quantitative estimate of drug-likeness (QED) is 0.715. The third-order valence-corrected chi connectivity index (χ3v) is 4.97. The zero-order valence-electron chi connectivity index (χ0n) is 14.1. The van der Waals surface area contributed by atoms with Crippen molar-refractivity contribution in [2.75, 3.05) is 0 Å². The fourth-order valence-corrected chi connectivity index (χ4v) is 3.20. The monoisotopic (exact) mass is 396 g/mol. The first-order valence-electron chi connectivity index (χ1n) is 7.90. The fraction of sp³-hybridized carbons (Fsp3) is 0.167. The van der Waals surface area contributed by atoms with Gasteiger partial charge in [-0.3, -0.25) is 0 Å². The van der Waals surface area contributed by atoms with Gasteiger partial charge in [-0.15, -0.1) is 0 Å². The summed E-state index contributed by atoms with van der Waals surface area (Å²) in [7, 11) is -3.84. The highest BCUT2D eigenvalue weighted by Crippen LogP contribution is 2.37. The highest BCUT2D eigenvalue weighted by atomic mass is 32.2. The summed E-state index contributed by atoms with van der Waals surface area (Å²) < 4.78 is 66.5. The Balaban J connectivity index is 2.08. The molecule has 0 aliphatic rings. The second-order valence-corrected chi connectivity index (χ2v) is 7.39. The number of rotatable bonds is 4. The van der Waals surface area contributed by atoms with Crippen molar-refractivity contribution < 1.29 is 26.1 Å². The van der Waals surface area contributed by atoms with Crippen molar-refractivity contribution in [3.8, 4) is 22.5 Å². The van der Waals surface area contributed by atoms with Crippen LogP contribution in [-0.2, 0) is 22.6 Å². The van der Waals surface area contributed by atoms with E-state index in [-0.39, 0.29) is 4.90 Å². The molecule has 0 radical (unpaired) electrons. The number of alkyl halides is 3. The van der Waals surface area contributed by atoms with Gasteiger partial charge in [0.2, 0.25) is 10.0 Å². The van der Waals surface area contributed by atoms with Gasteiger partial charge in [-0.1, -0.05) is 24.2 Å². The van der Waals surface area contributed by atoms with Gasteiger partial charge in [0.05, 0.1) is 21.7 Å². The number of nitrogens with two attached hydrogens (primary N) is 1. The standard InChI is InChI=1S/C18H15F3N2O3S/c1-2-15-16(11-3-7-13(8-4-11)18(19,20)21)17(26-23-15)12-5-9-14(10-6-12)27(22,24)25/h3-10H,2H2,1H3,(H2,22,24,25). The van der Waals surface area contributed by atoms with E-state index < -0.39 is 21.8 Å². The van der Waals surface area contributed by atoms with Gasteiger partial charge in [0.1, 0.15) is 0 Å². The van der Waals surface area contributed by atoms with E-state index in [2.05, 4.69) is 5.16 Å². The molecule has 0 fully saturated rings. The zero-order valence-corrected chi connectivity index (χ0v) is 14.9. The van der Waals surface area contributed by atoms with Crippen LogP contribution in [0.2, 0.25) is 0 Å². The summed E-state index contributed by atoms with van der Waals surface area (Å²) in [6, 6.07) is 10.4. The third kappa shape index (κ3) is 3.88. The minimum Gasteiger partial charge on any atom is -0.355 e. The molecule has 2 N–H and O–H groups in total. The lowest BCUT2D eigenvalue weighted by Gasteiger charge is -2.08. The molecule has 27 heavy (non-hydrogen) atoms. The molecule has 142 valence electrons. The Morgan fingerprint density at radius 1 is 1.00 bits per heavy atom. The van der Waals surface area contributed by atoms with Crippen LogP contribution in [0.15, 0.2) is 57.9 Å². The molecule has 0 unspecified atom stereocenters. The molecule has 0 spiro atoms. The number of aromatic nitrogens is 1. The average molecular weight is 396 g/mol. The van der Waals surface area contributed by atoms with Crippen molar-refractivity contribution in [2.45, 2.75) is 24.4 Å². The Bertz CT molecular complexity index is 1050. The molecule has 9 heteroatoms. The molecule has 0 atom stereocenters. The lowest BCUT2D eigenvalue weighted by Crippen LogP contribution is -2.11. The van der Waals surface area contributed by atoms with Gasteiger partial charge < -0.3 is 4.52 Å². The van der Waals surface area contributed by atoms with Crippen LogP contribution in [0.5, 0.6) is 0 Å². The Morgan fingerprint density at radius 2 is 1.56 bits per heavy atom. The van der Waals surface area contributed by atoms with E-state index in [1.165, 1.54) is 36.4 Å². The molecule has 5 nitrogen and oxygen atoms in total. The highest BCUT2D eigenvalue weighted by molar-refractivity contribution is 7.89. The SMILES string of the molecule is CCc1noc(-c2ccc(S(N)(=O)=O)cc2)c1-c1ccc(C(F)(F)F)cc1. The summed E-state index contributed by atoms with van der Waals surface area (Å²) >= 11 is 0. The first-order valence-corrected chi connectivity index (χ1v) is 9.45. The van der Waals surface area contributed by atoms with Gasteiger partial charge in [-0.25, -0.2) is 13.6 Å². The van der Waals surface area contributed by atoms with Crippen LogP contribution in [-0.4, -0.2) is 13.6 Å². The van der Waals surface area contributed by atoms with Crippen LogP contribution >= 0.6 is 0 Å². The average Bonchev–Trinajstić information content (AvgIpc) is 3.04. The molecule has 0 amide bonds. The van der Waals surface area contributed by atoms with Crippen LogP contribution in [0, 0.1) is 0 Å². The predicted molar refractivity (Wildman–Crippen MR) is 93.1 cm³/mol. The van der Waals surface area contributed by atoms with Crippen molar-refractivity contribution >= 4 is 10.0 Å². The third-order valence-electron chi connectivity index (χ3n) is 4.04. The normalized spacial score (nSPS) is 12.3. The predicted octanol–water partition coefficient (Wildman–Crippen LogP) is 4.24. The molecule has 0 aliphatic heterocycles. The van der Waals surface area contributed by atoms with E-state index in [0.717, 1.165) is 12.1 Å². The van der Waals surface area contributed by atoms with Crippen LogP contribution in [0.4, 0.5) is 13.2 Å². The number of primary sulfonamides is 1. The van der Waals surface area contributed by atoms with Gasteiger partial charge >= 0.3 is 6.18 Å². The maximum atomic E-state index is 12.8. The van der Waals surface area contributed by atoms with E-state index in [9.17, 15) is 21.6 Å². The van der Waals surface area contributed by atoms with E-state index in [1.807, 2.05) is 6.92 Å². The molecule has 0 bridgehead atoms. The molecule has 0 aliphatic carbocycles. The summed E-state index contributed by atoms with van der Waals surface area (Å²) in [6.45, 7) is 1.85. The largest absolute Gasteiger partial charge is 0.416 e. The molecular formula is C18H15F3N2O3S. The van der Waals surface area contributed by atoms with Crippen molar-refractivity contribution in [3.05, 3.63) is 59.8 Å². The number of sulfonamides is 1. The van der Waals surface area contributed by atoms with Crippen LogP contribution in [0.3, 0.4) is 0 Å². The molecule has 3 aromatic rings. The Labute approximate surface area is 153 Å². The number of halogens is 3. The van der Waals surface area contributed by atoms with Crippen LogP contribution in [0.1, 0.15) is 18.2 Å². The fourth-order valence-electron chi connectivity index (χ4n) is 2.68. The Kier molecular flexibility index (Phi) is 4.83. The molecule has 1 heterocycles. The Hall–Kier alpha value is -2.65. The van der Waals surface area contributed by atoms with Gasteiger partial charge in [0, 0.05) is 5.56 Å². The van der Waals surface area contributed by atoms with Crippen molar-refractivity contribution in [1.82, 2.24) is 5.16 Å². The van der Waals surface area contributed by atoms with Crippen molar-refractivity contribution in [2.24, 2.45) is 5.14 Å². The van der Waals surface area contributed by atoms with Gasteiger partial charge in [0.15, 0.2) is 5.76 Å². The first kappa shape index (κ1) is 19.1. The summed E-state index contributed by atoms with van der Waals surface area (Å²) in [5.74, 6) is 0.340. The van der Waals surface area contributed by atoms with Crippen LogP contribution in [0.25, 0.3) is 22.5 Å². The maximum absolute atomic E-state index is 12.8. The molecule has 3 rings (SSSR count). The molecule has 0 saturated heterocycles. The zero-order chi connectivity index (χ0) is 19.8. The van der Waals surface area contributed by atoms with E-state index in [4.69, 9.17) is 9.66 Å². The summed E-state index contributed by atoms with van der Waals surface area (Å²) in [5.41, 5.74) is 1.45. The number of aryl methyl sites for hydroxylation is 1. The first-order chi connectivity index (χ1) is 12.6. The minimum absolute atomic E-state index is 0.0578. The topological polar surface area (TPSA) is 86.2 Å². The number of nitrogens with zero attached hydrogens (tertiary/aromatic N) is 1. The van der Waals surface area contributed by atoms with Gasteiger partial charge in [-0.05, 0) is 48.4 Å². The lowest BCUT2D eigenvalue weighted by atomic mass is 9.97. The van der Waals surface area contributed by atoms with Gasteiger partial charge in [0.25, 0.3) is 0 Å². The van der Waals surface area contributed by atoms with Crippen molar-refractivity contribution in [3.63, 3.8) is 0 Å². The number of hydrogen-bond acceptors (Lipinski definition) is 4. The van der Waals surface area contributed by atoms with E-state index >= 15 is 0 Å². The molecule has 2 aromatic carbocycles. The molecule has 1 aromatic heterocycles. The lowest BCUT2D eigenvalue weighted by molar-refractivity contribution is -0.137. The number of hydrogen-bond donors (Lipinski definition) is 1. The van der Waals surface area contributed by atoms with Crippen LogP contribution < -0.4 is 5.14 Å². The van der Waals surface area contributed by atoms with E-state index in [1.54, 1.807) is 0 Å². The molecular weight excluding hydrogens is 381 g/mol. The van der Waals surface area contributed by atoms with E-state index in [0.29, 0.717) is 34.6 Å². The minimum atomic E-state index is -4.42. The second kappa shape index (κ2) is 6.82. The number of benzene rings is 2. The summed E-state index contributed by atoms with van der Waals surface area (Å²) in [4.78, 5) is -0.0578. The second-order valence-electron chi connectivity index (χ2n) is 5.83. The summed E-state index contributed by atoms with van der Waals surface area (Å²) in [6.07, 6.45) is -3.91. The van der Waals surface area contributed by atoms with Crippen molar-refractivity contribution in [1.29, 1.82) is 0 Å². The highest BCUT2D eigenvalue weighted by Gasteiger charge is 2.30. The maximum Gasteiger partial charge on any atom is 0.416 e. The smallest absolute Gasteiger partial charge is 0.355 e. The molecule has 0 saturated carbocycles. The Morgan fingerprint density at radius 3 is 2.04 bits per heavy atom. The van der Waals surface area contributed by atoms with Gasteiger partial charge in [-0.2, -0.15) is 13.2 Å².